The van der Waals surface area contributed by atoms with Crippen molar-refractivity contribution in [3.63, 3.8) is 0 Å². The molecule has 0 unspecified atom stereocenters. The minimum atomic E-state index is -0.297. The van der Waals surface area contributed by atoms with Crippen molar-refractivity contribution in [3.8, 4) is 0 Å². The van der Waals surface area contributed by atoms with E-state index in [-0.39, 0.29) is 24.7 Å². The summed E-state index contributed by atoms with van der Waals surface area (Å²) in [6.07, 6.45) is 0.412. The SMILES string of the molecule is CCOC(=O)CCC(=O)N1CCN(c2ccccc2)CC1. The lowest BCUT2D eigenvalue weighted by molar-refractivity contribution is -0.145. The predicted molar refractivity (Wildman–Crippen MR) is 81.1 cm³/mol. The zero-order valence-corrected chi connectivity index (χ0v) is 12.5. The molecule has 1 saturated heterocycles. The zero-order valence-electron chi connectivity index (χ0n) is 12.5. The van der Waals surface area contributed by atoms with Gasteiger partial charge < -0.3 is 14.5 Å². The molecular weight excluding hydrogens is 268 g/mol. The Balaban J connectivity index is 1.76. The van der Waals surface area contributed by atoms with Gasteiger partial charge in [0.1, 0.15) is 0 Å². The molecule has 2 rings (SSSR count). The number of rotatable bonds is 5. The first-order valence-electron chi connectivity index (χ1n) is 7.44. The molecule has 1 heterocycles. The maximum Gasteiger partial charge on any atom is 0.306 e. The first-order chi connectivity index (χ1) is 10.2. The topological polar surface area (TPSA) is 49.9 Å². The summed E-state index contributed by atoms with van der Waals surface area (Å²) in [5.41, 5.74) is 1.19. The van der Waals surface area contributed by atoms with Crippen LogP contribution in [0.25, 0.3) is 0 Å². The number of para-hydroxylation sites is 1. The molecule has 0 spiro atoms. The Morgan fingerprint density at radius 2 is 1.71 bits per heavy atom. The molecule has 0 saturated carbocycles. The number of hydrogen-bond acceptors (Lipinski definition) is 4. The van der Waals surface area contributed by atoms with Crippen LogP contribution in [0.2, 0.25) is 0 Å². The quantitative estimate of drug-likeness (QED) is 0.774. The zero-order chi connectivity index (χ0) is 15.1. The summed E-state index contributed by atoms with van der Waals surface area (Å²) in [6, 6.07) is 10.2. The summed E-state index contributed by atoms with van der Waals surface area (Å²) in [5, 5.41) is 0. The highest BCUT2D eigenvalue weighted by Crippen LogP contribution is 2.16. The van der Waals surface area contributed by atoms with E-state index in [4.69, 9.17) is 4.74 Å². The van der Waals surface area contributed by atoms with Crippen LogP contribution in [0.3, 0.4) is 0 Å². The number of amides is 1. The highest BCUT2D eigenvalue weighted by atomic mass is 16.5. The highest BCUT2D eigenvalue weighted by Gasteiger charge is 2.21. The first-order valence-corrected chi connectivity index (χ1v) is 7.44. The van der Waals surface area contributed by atoms with Crippen molar-refractivity contribution in [1.29, 1.82) is 0 Å². The predicted octanol–water partition coefficient (Wildman–Crippen LogP) is 1.68. The largest absolute Gasteiger partial charge is 0.466 e. The van der Waals surface area contributed by atoms with E-state index in [0.717, 1.165) is 13.1 Å². The average molecular weight is 290 g/mol. The van der Waals surface area contributed by atoms with Crippen molar-refractivity contribution in [2.75, 3.05) is 37.7 Å². The third kappa shape index (κ3) is 4.48. The van der Waals surface area contributed by atoms with Crippen LogP contribution in [0.15, 0.2) is 30.3 Å². The Kier molecular flexibility index (Phi) is 5.60. The Labute approximate surface area is 125 Å². The van der Waals surface area contributed by atoms with Crippen molar-refractivity contribution < 1.29 is 14.3 Å². The number of ether oxygens (including phenoxy) is 1. The van der Waals surface area contributed by atoms with Gasteiger partial charge in [-0.25, -0.2) is 0 Å². The van der Waals surface area contributed by atoms with Gasteiger partial charge in [-0.1, -0.05) is 18.2 Å². The molecule has 0 aliphatic carbocycles. The first kappa shape index (κ1) is 15.4. The van der Waals surface area contributed by atoms with Gasteiger partial charge in [0.2, 0.25) is 5.91 Å². The molecule has 0 radical (unpaired) electrons. The van der Waals surface area contributed by atoms with Crippen molar-refractivity contribution in [2.24, 2.45) is 0 Å². The van der Waals surface area contributed by atoms with Crippen LogP contribution >= 0.6 is 0 Å². The average Bonchev–Trinajstić information content (AvgIpc) is 2.54. The smallest absolute Gasteiger partial charge is 0.306 e. The summed E-state index contributed by atoms with van der Waals surface area (Å²) in [7, 11) is 0. The third-order valence-corrected chi connectivity index (χ3v) is 3.60. The Bertz CT molecular complexity index is 468. The molecule has 1 aliphatic heterocycles. The van der Waals surface area contributed by atoms with Gasteiger partial charge in [0, 0.05) is 38.3 Å². The standard InChI is InChI=1S/C16H22N2O3/c1-2-21-16(20)9-8-15(19)18-12-10-17(11-13-18)14-6-4-3-5-7-14/h3-7H,2,8-13H2,1H3. The van der Waals surface area contributed by atoms with Gasteiger partial charge in [0.25, 0.3) is 0 Å². The minimum Gasteiger partial charge on any atom is -0.466 e. The molecule has 5 heteroatoms. The Morgan fingerprint density at radius 1 is 1.05 bits per heavy atom. The number of benzene rings is 1. The van der Waals surface area contributed by atoms with E-state index in [1.807, 2.05) is 23.1 Å². The lowest BCUT2D eigenvalue weighted by Gasteiger charge is -2.36. The molecular formula is C16H22N2O3. The van der Waals surface area contributed by atoms with E-state index in [1.54, 1.807) is 6.92 Å². The van der Waals surface area contributed by atoms with Gasteiger partial charge >= 0.3 is 5.97 Å². The summed E-state index contributed by atoms with van der Waals surface area (Å²) in [5.74, 6) is -0.260. The number of carbonyl (C=O) groups excluding carboxylic acids is 2. The lowest BCUT2D eigenvalue weighted by atomic mass is 10.2. The van der Waals surface area contributed by atoms with Crippen molar-refractivity contribution in [2.45, 2.75) is 19.8 Å². The Hall–Kier alpha value is -2.04. The van der Waals surface area contributed by atoms with Gasteiger partial charge in [0.05, 0.1) is 13.0 Å². The maximum absolute atomic E-state index is 12.0. The van der Waals surface area contributed by atoms with Crippen LogP contribution in [-0.4, -0.2) is 49.6 Å². The number of carbonyl (C=O) groups is 2. The van der Waals surface area contributed by atoms with Crippen molar-refractivity contribution in [3.05, 3.63) is 30.3 Å². The molecule has 114 valence electrons. The number of piperazine rings is 1. The molecule has 1 aliphatic rings. The second-order valence-electron chi connectivity index (χ2n) is 5.01. The molecule has 0 N–H and O–H groups in total. The van der Waals surface area contributed by atoms with Gasteiger partial charge in [-0.15, -0.1) is 0 Å². The van der Waals surface area contributed by atoms with E-state index in [0.29, 0.717) is 19.7 Å². The number of hydrogen-bond donors (Lipinski definition) is 0. The fraction of sp³-hybridized carbons (Fsp3) is 0.500. The molecule has 0 bridgehead atoms. The number of anilines is 1. The maximum atomic E-state index is 12.0. The van der Waals surface area contributed by atoms with Crippen LogP contribution < -0.4 is 4.90 Å². The number of esters is 1. The third-order valence-electron chi connectivity index (χ3n) is 3.60. The molecule has 1 aromatic carbocycles. The summed E-state index contributed by atoms with van der Waals surface area (Å²) >= 11 is 0. The highest BCUT2D eigenvalue weighted by molar-refractivity contribution is 5.81. The van der Waals surface area contributed by atoms with Crippen LogP contribution in [0, 0.1) is 0 Å². The second-order valence-corrected chi connectivity index (χ2v) is 5.01. The summed E-state index contributed by atoms with van der Waals surface area (Å²) in [4.78, 5) is 27.4. The summed E-state index contributed by atoms with van der Waals surface area (Å²) in [6.45, 7) is 5.20. The number of nitrogens with zero attached hydrogens (tertiary/aromatic N) is 2. The Morgan fingerprint density at radius 3 is 2.33 bits per heavy atom. The second kappa shape index (κ2) is 7.67. The van der Waals surface area contributed by atoms with Gasteiger partial charge in [-0.05, 0) is 19.1 Å². The monoisotopic (exact) mass is 290 g/mol. The fourth-order valence-electron chi connectivity index (χ4n) is 2.45. The summed E-state index contributed by atoms with van der Waals surface area (Å²) < 4.78 is 4.84. The molecule has 0 aromatic heterocycles. The van der Waals surface area contributed by atoms with Crippen LogP contribution in [0.4, 0.5) is 5.69 Å². The molecule has 0 atom stereocenters. The van der Waals surface area contributed by atoms with Crippen molar-refractivity contribution in [1.82, 2.24) is 4.90 Å². The van der Waals surface area contributed by atoms with E-state index >= 15 is 0 Å². The normalized spacial score (nSPS) is 14.9. The molecule has 5 nitrogen and oxygen atoms in total. The van der Waals surface area contributed by atoms with E-state index in [9.17, 15) is 9.59 Å². The van der Waals surface area contributed by atoms with E-state index in [2.05, 4.69) is 17.0 Å². The van der Waals surface area contributed by atoms with Gasteiger partial charge in [-0.3, -0.25) is 9.59 Å². The van der Waals surface area contributed by atoms with E-state index < -0.39 is 0 Å². The van der Waals surface area contributed by atoms with Crippen LogP contribution in [-0.2, 0) is 14.3 Å². The molecule has 21 heavy (non-hydrogen) atoms. The molecule has 1 fully saturated rings. The minimum absolute atomic E-state index is 0.0377. The van der Waals surface area contributed by atoms with Gasteiger partial charge in [0.15, 0.2) is 0 Å². The molecule has 1 amide bonds. The van der Waals surface area contributed by atoms with Crippen LogP contribution in [0.5, 0.6) is 0 Å². The van der Waals surface area contributed by atoms with E-state index in [1.165, 1.54) is 5.69 Å². The van der Waals surface area contributed by atoms with Crippen molar-refractivity contribution >= 4 is 17.6 Å². The van der Waals surface area contributed by atoms with Crippen LogP contribution in [0.1, 0.15) is 19.8 Å². The molecule has 1 aromatic rings. The fourth-order valence-corrected chi connectivity index (χ4v) is 2.45. The lowest BCUT2D eigenvalue weighted by Crippen LogP contribution is -2.48. The van der Waals surface area contributed by atoms with Gasteiger partial charge in [-0.2, -0.15) is 0 Å².